The Hall–Kier alpha value is -2.82. The molecule has 0 radical (unpaired) electrons. The zero-order valence-electron chi connectivity index (χ0n) is 14.5. The number of carbonyl (C=O) groups excluding carboxylic acids is 2. The lowest BCUT2D eigenvalue weighted by Crippen LogP contribution is -2.55. The van der Waals surface area contributed by atoms with Crippen molar-refractivity contribution in [3.8, 4) is 5.75 Å². The molecule has 1 aliphatic heterocycles. The normalized spacial score (nSPS) is 17.3. The van der Waals surface area contributed by atoms with Crippen molar-refractivity contribution in [1.29, 1.82) is 0 Å². The predicted molar refractivity (Wildman–Crippen MR) is 95.8 cm³/mol. The molecule has 5 heteroatoms. The number of benzene rings is 2. The van der Waals surface area contributed by atoms with Crippen LogP contribution in [-0.2, 0) is 0 Å². The average molecular weight is 338 g/mol. The van der Waals surface area contributed by atoms with Gasteiger partial charge in [-0.25, -0.2) is 0 Å². The topological polar surface area (TPSA) is 49.9 Å². The summed E-state index contributed by atoms with van der Waals surface area (Å²) in [7, 11) is 1.60. The fraction of sp³-hybridized carbons (Fsp3) is 0.300. The predicted octanol–water partition coefficient (Wildman–Crippen LogP) is 2.68. The molecule has 1 aliphatic rings. The van der Waals surface area contributed by atoms with Crippen LogP contribution in [-0.4, -0.2) is 54.4 Å². The number of methoxy groups -OCH3 is 1. The molecule has 1 atom stereocenters. The van der Waals surface area contributed by atoms with Crippen molar-refractivity contribution in [3.63, 3.8) is 0 Å². The van der Waals surface area contributed by atoms with E-state index in [1.165, 1.54) is 0 Å². The number of carbonyl (C=O) groups is 2. The number of rotatable bonds is 3. The molecule has 3 rings (SSSR count). The van der Waals surface area contributed by atoms with E-state index in [1.807, 2.05) is 47.1 Å². The van der Waals surface area contributed by atoms with Crippen LogP contribution in [0.1, 0.15) is 27.6 Å². The molecule has 1 saturated heterocycles. The smallest absolute Gasteiger partial charge is 0.254 e. The third-order valence-electron chi connectivity index (χ3n) is 4.53. The van der Waals surface area contributed by atoms with Crippen LogP contribution < -0.4 is 4.74 Å². The van der Waals surface area contributed by atoms with Gasteiger partial charge in [0.15, 0.2) is 0 Å². The summed E-state index contributed by atoms with van der Waals surface area (Å²) in [4.78, 5) is 29.0. The fourth-order valence-electron chi connectivity index (χ4n) is 3.11. The van der Waals surface area contributed by atoms with Crippen LogP contribution in [0, 0.1) is 0 Å². The minimum absolute atomic E-state index is 0.0121. The van der Waals surface area contributed by atoms with Crippen LogP contribution in [0.25, 0.3) is 0 Å². The van der Waals surface area contributed by atoms with Crippen molar-refractivity contribution >= 4 is 11.8 Å². The first-order valence-corrected chi connectivity index (χ1v) is 8.39. The maximum atomic E-state index is 12.7. The number of nitrogens with zero attached hydrogens (tertiary/aromatic N) is 2. The minimum atomic E-state index is -0.0315. The Kier molecular flexibility index (Phi) is 5.03. The third kappa shape index (κ3) is 3.65. The highest BCUT2D eigenvalue weighted by Crippen LogP contribution is 2.18. The summed E-state index contributed by atoms with van der Waals surface area (Å²) in [6.07, 6.45) is 0. The van der Waals surface area contributed by atoms with Gasteiger partial charge in [-0.1, -0.05) is 18.2 Å². The number of amides is 2. The number of ether oxygens (including phenoxy) is 1. The van der Waals surface area contributed by atoms with Crippen molar-refractivity contribution < 1.29 is 14.3 Å². The highest BCUT2D eigenvalue weighted by atomic mass is 16.5. The second-order valence-corrected chi connectivity index (χ2v) is 6.19. The summed E-state index contributed by atoms with van der Waals surface area (Å²) < 4.78 is 5.13. The molecule has 2 aromatic carbocycles. The van der Waals surface area contributed by atoms with Gasteiger partial charge in [-0.2, -0.15) is 0 Å². The SMILES string of the molecule is COc1ccc(C(=O)N2CCN(C(=O)c3ccccc3)CC2C)cc1. The van der Waals surface area contributed by atoms with E-state index in [4.69, 9.17) is 4.74 Å². The minimum Gasteiger partial charge on any atom is -0.497 e. The molecular weight excluding hydrogens is 316 g/mol. The highest BCUT2D eigenvalue weighted by molar-refractivity contribution is 5.96. The van der Waals surface area contributed by atoms with Crippen LogP contribution >= 0.6 is 0 Å². The Morgan fingerprint density at radius 2 is 1.56 bits per heavy atom. The molecule has 0 saturated carbocycles. The molecule has 1 heterocycles. The summed E-state index contributed by atoms with van der Waals surface area (Å²) in [5, 5.41) is 0. The number of hydrogen-bond acceptors (Lipinski definition) is 3. The van der Waals surface area contributed by atoms with Gasteiger partial charge in [0.25, 0.3) is 11.8 Å². The zero-order valence-corrected chi connectivity index (χ0v) is 14.5. The summed E-state index contributed by atoms with van der Waals surface area (Å²) in [6, 6.07) is 16.3. The van der Waals surface area contributed by atoms with E-state index in [1.54, 1.807) is 31.4 Å². The molecule has 2 aromatic rings. The van der Waals surface area contributed by atoms with Gasteiger partial charge < -0.3 is 14.5 Å². The molecule has 0 N–H and O–H groups in total. The second kappa shape index (κ2) is 7.38. The van der Waals surface area contributed by atoms with Gasteiger partial charge in [0.1, 0.15) is 5.75 Å². The van der Waals surface area contributed by atoms with Crippen molar-refractivity contribution in [3.05, 3.63) is 65.7 Å². The number of hydrogen-bond donors (Lipinski definition) is 0. The molecule has 2 amide bonds. The maximum absolute atomic E-state index is 12.7. The summed E-state index contributed by atoms with van der Waals surface area (Å²) >= 11 is 0. The molecule has 0 aliphatic carbocycles. The molecule has 1 fully saturated rings. The van der Waals surface area contributed by atoms with Crippen molar-refractivity contribution in [2.24, 2.45) is 0 Å². The lowest BCUT2D eigenvalue weighted by atomic mass is 10.1. The molecule has 130 valence electrons. The molecule has 5 nitrogen and oxygen atoms in total. The Labute approximate surface area is 147 Å². The van der Waals surface area contributed by atoms with E-state index in [-0.39, 0.29) is 17.9 Å². The molecule has 0 aromatic heterocycles. The monoisotopic (exact) mass is 338 g/mol. The highest BCUT2D eigenvalue weighted by Gasteiger charge is 2.30. The Morgan fingerprint density at radius 1 is 0.920 bits per heavy atom. The van der Waals surface area contributed by atoms with Gasteiger partial charge in [0.05, 0.1) is 7.11 Å². The largest absolute Gasteiger partial charge is 0.497 e. The van der Waals surface area contributed by atoms with Crippen LogP contribution in [0.4, 0.5) is 0 Å². The van der Waals surface area contributed by atoms with E-state index < -0.39 is 0 Å². The van der Waals surface area contributed by atoms with E-state index >= 15 is 0 Å². The van der Waals surface area contributed by atoms with Gasteiger partial charge in [-0.05, 0) is 43.3 Å². The lowest BCUT2D eigenvalue weighted by molar-refractivity contribution is 0.0414. The summed E-state index contributed by atoms with van der Waals surface area (Å²) in [5.41, 5.74) is 1.32. The van der Waals surface area contributed by atoms with E-state index in [0.717, 1.165) is 5.75 Å². The second-order valence-electron chi connectivity index (χ2n) is 6.19. The first-order valence-electron chi connectivity index (χ1n) is 8.39. The zero-order chi connectivity index (χ0) is 17.8. The molecular formula is C20H22N2O3. The van der Waals surface area contributed by atoms with Crippen LogP contribution in [0.15, 0.2) is 54.6 Å². The quantitative estimate of drug-likeness (QED) is 0.864. The van der Waals surface area contributed by atoms with E-state index in [9.17, 15) is 9.59 Å². The Bertz CT molecular complexity index is 743. The van der Waals surface area contributed by atoms with Gasteiger partial charge in [-0.15, -0.1) is 0 Å². The first-order chi connectivity index (χ1) is 12.1. The summed E-state index contributed by atoms with van der Waals surface area (Å²) in [6.45, 7) is 3.59. The molecule has 1 unspecified atom stereocenters. The number of piperazine rings is 1. The third-order valence-corrected chi connectivity index (χ3v) is 4.53. The van der Waals surface area contributed by atoms with Crippen LogP contribution in [0.5, 0.6) is 5.75 Å². The van der Waals surface area contributed by atoms with Gasteiger partial charge in [0, 0.05) is 36.8 Å². The fourth-order valence-corrected chi connectivity index (χ4v) is 3.11. The first kappa shape index (κ1) is 17.0. The van der Waals surface area contributed by atoms with Crippen LogP contribution in [0.3, 0.4) is 0 Å². The summed E-state index contributed by atoms with van der Waals surface area (Å²) in [5.74, 6) is 0.730. The lowest BCUT2D eigenvalue weighted by Gasteiger charge is -2.40. The molecule has 0 spiro atoms. The Morgan fingerprint density at radius 3 is 2.16 bits per heavy atom. The van der Waals surface area contributed by atoms with E-state index in [0.29, 0.717) is 30.8 Å². The molecule has 0 bridgehead atoms. The van der Waals surface area contributed by atoms with Crippen molar-refractivity contribution in [2.75, 3.05) is 26.7 Å². The van der Waals surface area contributed by atoms with Crippen LogP contribution in [0.2, 0.25) is 0 Å². The Balaban J connectivity index is 1.67. The van der Waals surface area contributed by atoms with Gasteiger partial charge in [-0.3, -0.25) is 9.59 Å². The van der Waals surface area contributed by atoms with Gasteiger partial charge in [0.2, 0.25) is 0 Å². The van der Waals surface area contributed by atoms with E-state index in [2.05, 4.69) is 0 Å². The maximum Gasteiger partial charge on any atom is 0.254 e. The van der Waals surface area contributed by atoms with Crippen molar-refractivity contribution in [2.45, 2.75) is 13.0 Å². The molecule has 25 heavy (non-hydrogen) atoms. The average Bonchev–Trinajstić information content (AvgIpc) is 2.67. The standard InChI is InChI=1S/C20H22N2O3/c1-15-14-21(19(23)16-6-4-3-5-7-16)12-13-22(15)20(24)17-8-10-18(25-2)11-9-17/h3-11,15H,12-14H2,1-2H3. The van der Waals surface area contributed by atoms with Crippen molar-refractivity contribution in [1.82, 2.24) is 9.80 Å². The van der Waals surface area contributed by atoms with Gasteiger partial charge >= 0.3 is 0 Å².